The normalized spacial score (nSPS) is 13.0. The number of hydrogen-bond acceptors (Lipinski definition) is 3. The summed E-state index contributed by atoms with van der Waals surface area (Å²) in [5.41, 5.74) is 5.97. The second-order valence-corrected chi connectivity index (χ2v) is 3.18. The molecule has 1 atom stereocenters. The van der Waals surface area contributed by atoms with E-state index in [2.05, 4.69) is 0 Å². The predicted octanol–water partition coefficient (Wildman–Crippen LogP) is 1.42. The van der Waals surface area contributed by atoms with Gasteiger partial charge in [0.15, 0.2) is 0 Å². The lowest BCUT2D eigenvalue weighted by atomic mass is 10.2. The van der Waals surface area contributed by atoms with Gasteiger partial charge in [0.05, 0.1) is 6.10 Å². The summed E-state index contributed by atoms with van der Waals surface area (Å²) in [5.74, 6) is 0.791. The standard InChI is InChI=1S/C10H15NO2/c1-7(2)13-9-5-3-8(4-6-9)10(11)12/h3-7,10,12H,11H2,1-2H3. The summed E-state index contributed by atoms with van der Waals surface area (Å²) in [6, 6.07) is 7.10. The third-order valence-corrected chi connectivity index (χ3v) is 1.59. The Kier molecular flexibility index (Phi) is 3.28. The minimum absolute atomic E-state index is 0.161. The lowest BCUT2D eigenvalue weighted by Gasteiger charge is -2.10. The van der Waals surface area contributed by atoms with Crippen LogP contribution in [-0.2, 0) is 0 Å². The first-order valence-corrected chi connectivity index (χ1v) is 4.30. The monoisotopic (exact) mass is 181 g/mol. The van der Waals surface area contributed by atoms with Crippen molar-refractivity contribution in [3.63, 3.8) is 0 Å². The van der Waals surface area contributed by atoms with Crippen LogP contribution in [0.4, 0.5) is 0 Å². The highest BCUT2D eigenvalue weighted by molar-refractivity contribution is 5.28. The zero-order chi connectivity index (χ0) is 9.84. The summed E-state index contributed by atoms with van der Waals surface area (Å²) >= 11 is 0. The third-order valence-electron chi connectivity index (χ3n) is 1.59. The minimum Gasteiger partial charge on any atom is -0.491 e. The first-order valence-electron chi connectivity index (χ1n) is 4.30. The predicted molar refractivity (Wildman–Crippen MR) is 51.4 cm³/mol. The van der Waals surface area contributed by atoms with Gasteiger partial charge in [-0.2, -0.15) is 0 Å². The highest BCUT2D eigenvalue weighted by Crippen LogP contribution is 2.15. The van der Waals surface area contributed by atoms with Gasteiger partial charge in [-0.3, -0.25) is 0 Å². The maximum atomic E-state index is 9.03. The van der Waals surface area contributed by atoms with Crippen LogP contribution in [0.3, 0.4) is 0 Å². The first-order chi connectivity index (χ1) is 6.09. The van der Waals surface area contributed by atoms with Crippen molar-refractivity contribution in [3.8, 4) is 5.75 Å². The van der Waals surface area contributed by atoms with E-state index < -0.39 is 6.23 Å². The molecule has 0 saturated carbocycles. The molecule has 0 heterocycles. The van der Waals surface area contributed by atoms with Crippen LogP contribution in [-0.4, -0.2) is 11.2 Å². The van der Waals surface area contributed by atoms with Crippen LogP contribution in [0.25, 0.3) is 0 Å². The molecule has 0 radical (unpaired) electrons. The Balaban J connectivity index is 2.70. The Morgan fingerprint density at radius 2 is 1.77 bits per heavy atom. The number of ether oxygens (including phenoxy) is 1. The van der Waals surface area contributed by atoms with E-state index in [1.165, 1.54) is 0 Å². The van der Waals surface area contributed by atoms with Gasteiger partial charge in [-0.1, -0.05) is 12.1 Å². The summed E-state index contributed by atoms with van der Waals surface area (Å²) in [6.07, 6.45) is -0.748. The molecule has 1 aromatic rings. The zero-order valence-electron chi connectivity index (χ0n) is 7.90. The molecule has 0 saturated heterocycles. The van der Waals surface area contributed by atoms with Gasteiger partial charge in [-0.05, 0) is 31.5 Å². The van der Waals surface area contributed by atoms with Gasteiger partial charge >= 0.3 is 0 Å². The van der Waals surface area contributed by atoms with Gasteiger partial charge in [-0.15, -0.1) is 0 Å². The van der Waals surface area contributed by atoms with E-state index in [0.29, 0.717) is 5.56 Å². The average molecular weight is 181 g/mol. The summed E-state index contributed by atoms with van der Waals surface area (Å²) in [6.45, 7) is 3.93. The van der Waals surface area contributed by atoms with E-state index in [0.717, 1.165) is 5.75 Å². The van der Waals surface area contributed by atoms with Crippen molar-refractivity contribution in [2.45, 2.75) is 26.2 Å². The molecule has 3 N–H and O–H groups in total. The van der Waals surface area contributed by atoms with Gasteiger partial charge < -0.3 is 15.6 Å². The third kappa shape index (κ3) is 3.05. The molecule has 0 aliphatic carbocycles. The van der Waals surface area contributed by atoms with E-state index in [1.54, 1.807) is 24.3 Å². The molecule has 0 aliphatic heterocycles. The van der Waals surface area contributed by atoms with Crippen molar-refractivity contribution < 1.29 is 9.84 Å². The smallest absolute Gasteiger partial charge is 0.128 e. The van der Waals surface area contributed by atoms with Gasteiger partial charge in [0.25, 0.3) is 0 Å². The van der Waals surface area contributed by atoms with Crippen molar-refractivity contribution in [2.75, 3.05) is 0 Å². The number of rotatable bonds is 3. The molecule has 1 unspecified atom stereocenters. The maximum absolute atomic E-state index is 9.03. The fourth-order valence-corrected chi connectivity index (χ4v) is 1.02. The van der Waals surface area contributed by atoms with Crippen molar-refractivity contribution in [2.24, 2.45) is 5.73 Å². The van der Waals surface area contributed by atoms with Gasteiger partial charge in [0, 0.05) is 0 Å². The largest absolute Gasteiger partial charge is 0.491 e. The summed E-state index contributed by atoms with van der Waals surface area (Å²) in [4.78, 5) is 0. The Morgan fingerprint density at radius 3 is 2.15 bits per heavy atom. The fraction of sp³-hybridized carbons (Fsp3) is 0.400. The van der Waals surface area contributed by atoms with Gasteiger partial charge in [0.2, 0.25) is 0 Å². The molecule has 0 aromatic heterocycles. The molecule has 13 heavy (non-hydrogen) atoms. The van der Waals surface area contributed by atoms with Gasteiger partial charge in [0.1, 0.15) is 12.0 Å². The number of nitrogens with two attached hydrogens (primary N) is 1. The molecular formula is C10H15NO2. The Morgan fingerprint density at radius 1 is 1.23 bits per heavy atom. The van der Waals surface area contributed by atoms with Crippen LogP contribution in [0.5, 0.6) is 5.75 Å². The molecule has 0 fully saturated rings. The van der Waals surface area contributed by atoms with Crippen molar-refractivity contribution >= 4 is 0 Å². The number of aliphatic hydroxyl groups excluding tert-OH is 1. The molecule has 3 heteroatoms. The zero-order valence-corrected chi connectivity index (χ0v) is 7.90. The molecule has 3 nitrogen and oxygen atoms in total. The Labute approximate surface area is 78.1 Å². The molecule has 0 amide bonds. The van der Waals surface area contributed by atoms with Crippen molar-refractivity contribution in [3.05, 3.63) is 29.8 Å². The molecule has 0 spiro atoms. The molecule has 1 rings (SSSR count). The minimum atomic E-state index is -0.909. The first kappa shape index (κ1) is 10.0. The van der Waals surface area contributed by atoms with E-state index in [4.69, 9.17) is 15.6 Å². The molecule has 72 valence electrons. The summed E-state index contributed by atoms with van der Waals surface area (Å²) in [5, 5.41) is 9.03. The molecule has 0 aliphatic rings. The fourth-order valence-electron chi connectivity index (χ4n) is 1.02. The van der Waals surface area contributed by atoms with Gasteiger partial charge in [-0.25, -0.2) is 0 Å². The van der Waals surface area contributed by atoms with Crippen molar-refractivity contribution in [1.82, 2.24) is 0 Å². The maximum Gasteiger partial charge on any atom is 0.128 e. The van der Waals surface area contributed by atoms with Crippen LogP contribution in [0.2, 0.25) is 0 Å². The number of aliphatic hydroxyl groups is 1. The number of hydrogen-bond donors (Lipinski definition) is 2. The van der Waals surface area contributed by atoms with Crippen LogP contribution in [0, 0.1) is 0 Å². The molecular weight excluding hydrogens is 166 g/mol. The van der Waals surface area contributed by atoms with Crippen molar-refractivity contribution in [1.29, 1.82) is 0 Å². The summed E-state index contributed by atoms with van der Waals surface area (Å²) in [7, 11) is 0. The Hall–Kier alpha value is -1.06. The molecule has 1 aromatic carbocycles. The average Bonchev–Trinajstić information content (AvgIpc) is 2.04. The highest BCUT2D eigenvalue weighted by atomic mass is 16.5. The lowest BCUT2D eigenvalue weighted by Crippen LogP contribution is -2.09. The van der Waals surface area contributed by atoms with E-state index >= 15 is 0 Å². The van der Waals surface area contributed by atoms with E-state index in [-0.39, 0.29) is 6.10 Å². The summed E-state index contributed by atoms with van der Waals surface area (Å²) < 4.78 is 5.43. The molecule has 0 bridgehead atoms. The lowest BCUT2D eigenvalue weighted by molar-refractivity contribution is 0.186. The topological polar surface area (TPSA) is 55.5 Å². The van der Waals surface area contributed by atoms with Crippen LogP contribution < -0.4 is 10.5 Å². The SMILES string of the molecule is CC(C)Oc1ccc(C(N)O)cc1. The Bertz CT molecular complexity index is 254. The number of benzene rings is 1. The quantitative estimate of drug-likeness (QED) is 0.693. The highest BCUT2D eigenvalue weighted by Gasteiger charge is 2.01. The van der Waals surface area contributed by atoms with E-state index in [1.807, 2.05) is 13.8 Å². The van der Waals surface area contributed by atoms with Crippen LogP contribution in [0.1, 0.15) is 25.6 Å². The van der Waals surface area contributed by atoms with Crippen LogP contribution >= 0.6 is 0 Å². The van der Waals surface area contributed by atoms with E-state index in [9.17, 15) is 0 Å². The second-order valence-electron chi connectivity index (χ2n) is 3.18. The van der Waals surface area contributed by atoms with Crippen LogP contribution in [0.15, 0.2) is 24.3 Å². The second kappa shape index (κ2) is 4.25.